The Balaban J connectivity index is 0.00000270. The molecule has 0 aliphatic rings. The van der Waals surface area contributed by atoms with E-state index in [0.29, 0.717) is 38.6 Å². The zero-order valence-electron chi connectivity index (χ0n) is 26.4. The van der Waals surface area contributed by atoms with Gasteiger partial charge in [0.1, 0.15) is 15.0 Å². The zero-order valence-corrected chi connectivity index (χ0v) is 32.0. The van der Waals surface area contributed by atoms with Crippen molar-refractivity contribution in [2.75, 3.05) is 5.32 Å². The van der Waals surface area contributed by atoms with E-state index >= 15 is 0 Å². The summed E-state index contributed by atoms with van der Waals surface area (Å²) in [6, 6.07) is 28.2. The van der Waals surface area contributed by atoms with Crippen LogP contribution >= 0.6 is 0 Å². The molecule has 0 bridgehead atoms. The molecule has 0 spiro atoms. The number of rotatable bonds is 8. The molecule has 6 rings (SSSR count). The minimum atomic E-state index is -4.69. The number of fused-ring (bicyclic) bond motifs is 2. The molecule has 0 atom stereocenters. The zero-order chi connectivity index (χ0) is 33.3. The van der Waals surface area contributed by atoms with E-state index in [-0.39, 0.29) is 81.1 Å². The van der Waals surface area contributed by atoms with Crippen molar-refractivity contribution in [1.82, 2.24) is 0 Å². The largest absolute Gasteiger partial charge is 1.00 e. The number of nitrogens with zero attached hydrogens (tertiary/aromatic N) is 4. The molecule has 0 aliphatic heterocycles. The number of benzene rings is 6. The molecular weight excluding hydrogens is 689 g/mol. The third-order valence-corrected chi connectivity index (χ3v) is 8.92. The molecular formula is C33H23N5Na2O7S2. The Bertz CT molecular complexity index is 2480. The third-order valence-electron chi connectivity index (χ3n) is 7.20. The second-order valence-electron chi connectivity index (χ2n) is 10.4. The van der Waals surface area contributed by atoms with Crippen molar-refractivity contribution in [2.45, 2.75) is 16.7 Å². The first-order chi connectivity index (χ1) is 22.4. The van der Waals surface area contributed by atoms with Crippen LogP contribution in [0.3, 0.4) is 0 Å². The molecule has 0 fully saturated rings. The average molecular weight is 712 g/mol. The van der Waals surface area contributed by atoms with Gasteiger partial charge < -0.3 is 15.0 Å². The third kappa shape index (κ3) is 8.80. The van der Waals surface area contributed by atoms with Crippen molar-refractivity contribution in [3.05, 3.63) is 115 Å². The van der Waals surface area contributed by atoms with Crippen molar-refractivity contribution in [3.8, 4) is 5.75 Å². The van der Waals surface area contributed by atoms with Gasteiger partial charge in [0, 0.05) is 21.8 Å². The van der Waals surface area contributed by atoms with Crippen molar-refractivity contribution < 1.29 is 90.2 Å². The number of aryl methyl sites for hydroxylation is 1. The van der Waals surface area contributed by atoms with E-state index in [4.69, 9.17) is 0 Å². The first-order valence-corrected chi connectivity index (χ1v) is 16.7. The van der Waals surface area contributed by atoms with Gasteiger partial charge in [0.2, 0.25) is 0 Å². The molecule has 12 nitrogen and oxygen atoms in total. The SMILES string of the molecule is Cc1ccc(Nc2ccc(N=Nc3ccc(N=Nc4c([O-])ccc5cc(S(=O)(=O)[O-])ccc45)c4ccccc34)cc2S(=O)(=O)O)cc1.[Na+].[Na+]. The van der Waals surface area contributed by atoms with Gasteiger partial charge in [0.05, 0.1) is 33.3 Å². The van der Waals surface area contributed by atoms with Crippen LogP contribution in [0, 0.1) is 6.92 Å². The van der Waals surface area contributed by atoms with E-state index in [9.17, 15) is 31.0 Å². The minimum absolute atomic E-state index is 0. The second-order valence-corrected chi connectivity index (χ2v) is 13.2. The van der Waals surface area contributed by atoms with Gasteiger partial charge in [-0.15, -0.1) is 10.2 Å². The van der Waals surface area contributed by atoms with Crippen molar-refractivity contribution in [2.24, 2.45) is 20.5 Å². The van der Waals surface area contributed by atoms with Gasteiger partial charge in [-0.3, -0.25) is 4.55 Å². The number of hydrogen-bond donors (Lipinski definition) is 2. The van der Waals surface area contributed by atoms with E-state index in [1.54, 1.807) is 54.6 Å². The maximum absolute atomic E-state index is 12.7. The second kappa shape index (κ2) is 15.6. The van der Waals surface area contributed by atoms with E-state index in [1.807, 2.05) is 19.1 Å². The topological polar surface area (TPSA) is 196 Å². The van der Waals surface area contributed by atoms with Crippen molar-refractivity contribution >= 4 is 75.9 Å². The van der Waals surface area contributed by atoms with E-state index in [2.05, 4.69) is 25.8 Å². The Kier molecular flexibility index (Phi) is 12.2. The summed E-state index contributed by atoms with van der Waals surface area (Å²) in [4.78, 5) is -0.793. The molecule has 16 heteroatoms. The van der Waals surface area contributed by atoms with Crippen LogP contribution in [-0.4, -0.2) is 25.9 Å². The summed E-state index contributed by atoms with van der Waals surface area (Å²) in [5, 5.41) is 34.6. The fraction of sp³-hybridized carbons (Fsp3) is 0.0303. The quantitative estimate of drug-likeness (QED) is 0.136. The molecule has 0 aliphatic carbocycles. The summed E-state index contributed by atoms with van der Waals surface area (Å²) in [5.74, 6) is -0.446. The molecule has 2 N–H and O–H groups in total. The Morgan fingerprint density at radius 1 is 0.673 bits per heavy atom. The van der Waals surface area contributed by atoms with Gasteiger partial charge >= 0.3 is 59.1 Å². The maximum Gasteiger partial charge on any atom is 1.00 e. The van der Waals surface area contributed by atoms with Crippen LogP contribution < -0.4 is 69.5 Å². The first-order valence-electron chi connectivity index (χ1n) is 13.9. The molecule has 0 saturated heterocycles. The van der Waals surface area contributed by atoms with E-state index in [1.165, 1.54) is 36.4 Å². The normalized spacial score (nSPS) is 11.9. The number of azo groups is 2. The Morgan fingerprint density at radius 3 is 1.92 bits per heavy atom. The number of hydrogen-bond acceptors (Lipinski definition) is 11. The Labute approximate surface area is 326 Å². The average Bonchev–Trinajstić information content (AvgIpc) is 3.04. The van der Waals surface area contributed by atoms with E-state index in [0.717, 1.165) is 11.6 Å². The fourth-order valence-electron chi connectivity index (χ4n) is 4.87. The van der Waals surface area contributed by atoms with Crippen LogP contribution in [0.4, 0.5) is 34.1 Å². The predicted molar refractivity (Wildman–Crippen MR) is 174 cm³/mol. The molecule has 0 saturated carbocycles. The molecule has 0 amide bonds. The summed E-state index contributed by atoms with van der Waals surface area (Å²) < 4.78 is 68.7. The molecule has 0 unspecified atom stereocenters. The van der Waals surface area contributed by atoms with Crippen LogP contribution in [0.2, 0.25) is 0 Å². The molecule has 6 aromatic carbocycles. The first kappa shape index (κ1) is 38.3. The summed E-state index contributed by atoms with van der Waals surface area (Å²) in [6.45, 7) is 1.93. The summed E-state index contributed by atoms with van der Waals surface area (Å²) in [5.41, 5.74) is 2.80. The van der Waals surface area contributed by atoms with E-state index < -0.39 is 30.9 Å². The smallest absolute Gasteiger partial charge is 0.871 e. The van der Waals surface area contributed by atoms with Crippen LogP contribution in [0.15, 0.2) is 139 Å². The van der Waals surface area contributed by atoms with Gasteiger partial charge in [0.15, 0.2) is 0 Å². The standard InChI is InChI=1S/C33H25N5O7S2.2Na/c1-20-6-9-22(10-7-20)34-30-14-11-23(19-32(30)47(43,44)45)35-36-28-15-16-29(27-5-3-2-4-26(27)28)37-38-33-25-13-12-24(46(40,41)42)18-21(25)8-17-31(33)39;;/h2-19,34,39H,1H3,(H,40,41,42)(H,43,44,45);;/q;2*+1/p-2. The molecule has 236 valence electrons. The fourth-order valence-corrected chi connectivity index (χ4v) is 6.04. The van der Waals surface area contributed by atoms with Gasteiger partial charge in [-0.05, 0) is 66.9 Å². The maximum atomic E-state index is 12.7. The monoisotopic (exact) mass is 711 g/mol. The van der Waals surface area contributed by atoms with Gasteiger partial charge in [-0.2, -0.15) is 18.6 Å². The number of nitrogens with one attached hydrogen (secondary N) is 1. The van der Waals surface area contributed by atoms with Crippen LogP contribution in [-0.2, 0) is 20.2 Å². The summed E-state index contributed by atoms with van der Waals surface area (Å²) in [7, 11) is -9.30. The van der Waals surface area contributed by atoms with Crippen molar-refractivity contribution in [1.29, 1.82) is 0 Å². The number of anilines is 2. The Hall–Kier alpha value is -3.54. The van der Waals surface area contributed by atoms with Crippen LogP contribution in [0.1, 0.15) is 5.56 Å². The minimum Gasteiger partial charge on any atom is -0.871 e. The molecule has 0 radical (unpaired) electrons. The molecule has 0 heterocycles. The molecule has 49 heavy (non-hydrogen) atoms. The molecule has 0 aromatic heterocycles. The van der Waals surface area contributed by atoms with Crippen molar-refractivity contribution in [3.63, 3.8) is 0 Å². The summed E-state index contributed by atoms with van der Waals surface area (Å²) in [6.07, 6.45) is 0. The van der Waals surface area contributed by atoms with Gasteiger partial charge in [-0.1, -0.05) is 65.9 Å². The van der Waals surface area contributed by atoms with Crippen LogP contribution in [0.25, 0.3) is 21.5 Å². The molecule has 6 aromatic rings. The summed E-state index contributed by atoms with van der Waals surface area (Å²) >= 11 is 0. The van der Waals surface area contributed by atoms with Crippen LogP contribution in [0.5, 0.6) is 5.75 Å². The Morgan fingerprint density at radius 2 is 1.31 bits per heavy atom. The van der Waals surface area contributed by atoms with Gasteiger partial charge in [0.25, 0.3) is 10.1 Å². The predicted octanol–water partition coefficient (Wildman–Crippen LogP) is 2.11. The van der Waals surface area contributed by atoms with Gasteiger partial charge in [-0.25, -0.2) is 8.42 Å².